The zero-order chi connectivity index (χ0) is 15.1. The van der Waals surface area contributed by atoms with Gasteiger partial charge in [0.05, 0.1) is 17.1 Å². The Morgan fingerprint density at radius 1 is 1.24 bits per heavy atom. The minimum absolute atomic E-state index is 0.0269. The second-order valence-electron chi connectivity index (χ2n) is 6.96. The van der Waals surface area contributed by atoms with Gasteiger partial charge in [-0.1, -0.05) is 12.1 Å². The molecule has 0 N–H and O–H groups in total. The van der Waals surface area contributed by atoms with Crippen molar-refractivity contribution in [1.29, 1.82) is 0 Å². The van der Waals surface area contributed by atoms with Crippen LogP contribution in [-0.4, -0.2) is 30.2 Å². The maximum Gasteiger partial charge on any atom is 0.292 e. The van der Waals surface area contributed by atoms with Crippen molar-refractivity contribution >= 4 is 11.4 Å². The molecule has 0 bridgehead atoms. The Morgan fingerprint density at radius 2 is 1.90 bits per heavy atom. The lowest BCUT2D eigenvalue weighted by molar-refractivity contribution is -0.384. The van der Waals surface area contributed by atoms with Gasteiger partial charge in [-0.3, -0.25) is 10.1 Å². The summed E-state index contributed by atoms with van der Waals surface area (Å²) in [6.45, 7) is 6.85. The number of anilines is 1. The molecule has 1 aromatic carbocycles. The highest BCUT2D eigenvalue weighted by Crippen LogP contribution is 2.47. The van der Waals surface area contributed by atoms with Crippen molar-refractivity contribution in [2.75, 3.05) is 24.6 Å². The molecule has 0 aliphatic carbocycles. The van der Waals surface area contributed by atoms with Gasteiger partial charge < -0.3 is 9.64 Å². The predicted octanol–water partition coefficient (Wildman–Crippen LogP) is 3.38. The lowest BCUT2D eigenvalue weighted by atomic mass is 9.74. The zero-order valence-electron chi connectivity index (χ0n) is 12.7. The zero-order valence-corrected chi connectivity index (χ0v) is 12.7. The highest BCUT2D eigenvalue weighted by atomic mass is 16.6. The minimum Gasteiger partial charge on any atom is -0.375 e. The van der Waals surface area contributed by atoms with Crippen molar-refractivity contribution < 1.29 is 9.66 Å². The first-order chi connectivity index (χ1) is 9.91. The molecule has 2 aliphatic heterocycles. The number of hydrogen-bond donors (Lipinski definition) is 0. The van der Waals surface area contributed by atoms with Crippen LogP contribution in [0.15, 0.2) is 24.3 Å². The van der Waals surface area contributed by atoms with E-state index < -0.39 is 0 Å². The number of hydrogen-bond acceptors (Lipinski definition) is 4. The van der Waals surface area contributed by atoms with E-state index in [2.05, 4.69) is 18.7 Å². The van der Waals surface area contributed by atoms with Crippen molar-refractivity contribution in [3.05, 3.63) is 34.4 Å². The van der Waals surface area contributed by atoms with E-state index in [0.717, 1.165) is 44.6 Å². The number of para-hydroxylation sites is 2. The summed E-state index contributed by atoms with van der Waals surface area (Å²) in [6.07, 6.45) is 3.18. The van der Waals surface area contributed by atoms with Crippen molar-refractivity contribution in [3.8, 4) is 0 Å². The Kier molecular flexibility index (Phi) is 3.40. The SMILES string of the molecule is CC1(C)CC2(CCN(c3ccccc3[N+](=O)[O-])CC2)CO1. The standard InChI is InChI=1S/C16H22N2O3/c1-15(2)11-16(12-21-15)7-9-17(10-8-16)13-5-3-4-6-14(13)18(19)20/h3-6H,7-12H2,1-2H3. The summed E-state index contributed by atoms with van der Waals surface area (Å²) >= 11 is 0. The monoisotopic (exact) mass is 290 g/mol. The molecule has 0 saturated carbocycles. The maximum atomic E-state index is 11.2. The number of piperidine rings is 1. The van der Waals surface area contributed by atoms with Crippen LogP contribution in [-0.2, 0) is 4.74 Å². The molecule has 0 radical (unpaired) electrons. The van der Waals surface area contributed by atoms with E-state index >= 15 is 0 Å². The highest BCUT2D eigenvalue weighted by Gasteiger charge is 2.46. The molecule has 1 aromatic rings. The first-order valence-corrected chi connectivity index (χ1v) is 7.53. The van der Waals surface area contributed by atoms with E-state index in [1.807, 2.05) is 12.1 Å². The average molecular weight is 290 g/mol. The van der Waals surface area contributed by atoms with Crippen molar-refractivity contribution in [3.63, 3.8) is 0 Å². The van der Waals surface area contributed by atoms with Crippen molar-refractivity contribution in [2.45, 2.75) is 38.7 Å². The third-order valence-electron chi connectivity index (χ3n) is 4.81. The summed E-state index contributed by atoms with van der Waals surface area (Å²) < 4.78 is 5.91. The van der Waals surface area contributed by atoms with Crippen molar-refractivity contribution in [1.82, 2.24) is 0 Å². The summed E-state index contributed by atoms with van der Waals surface area (Å²) in [5.41, 5.74) is 1.19. The number of benzene rings is 1. The summed E-state index contributed by atoms with van der Waals surface area (Å²) in [6, 6.07) is 7.03. The van der Waals surface area contributed by atoms with Gasteiger partial charge in [0.1, 0.15) is 5.69 Å². The van der Waals surface area contributed by atoms with Gasteiger partial charge in [-0.25, -0.2) is 0 Å². The molecule has 2 saturated heterocycles. The molecule has 0 aromatic heterocycles. The average Bonchev–Trinajstić information content (AvgIpc) is 2.75. The Hall–Kier alpha value is -1.62. The van der Waals surface area contributed by atoms with Crippen LogP contribution < -0.4 is 4.90 Å². The van der Waals surface area contributed by atoms with Crippen LogP contribution in [0.5, 0.6) is 0 Å². The lowest BCUT2D eigenvalue weighted by Crippen LogP contribution is -2.41. The summed E-state index contributed by atoms with van der Waals surface area (Å²) in [4.78, 5) is 13.0. The molecular formula is C16H22N2O3. The van der Waals surface area contributed by atoms with Crippen LogP contribution in [0.3, 0.4) is 0 Å². The molecular weight excluding hydrogens is 268 g/mol. The number of rotatable bonds is 2. The van der Waals surface area contributed by atoms with E-state index in [1.165, 1.54) is 0 Å². The Bertz CT molecular complexity index is 548. The van der Waals surface area contributed by atoms with E-state index in [0.29, 0.717) is 0 Å². The second kappa shape index (κ2) is 4.98. The first kappa shape index (κ1) is 14.3. The number of nitro benzene ring substituents is 1. The molecule has 3 rings (SSSR count). The largest absolute Gasteiger partial charge is 0.375 e. The predicted molar refractivity (Wildman–Crippen MR) is 81.6 cm³/mol. The lowest BCUT2D eigenvalue weighted by Gasteiger charge is -2.39. The normalized spacial score (nSPS) is 23.4. The van der Waals surface area contributed by atoms with Crippen LogP contribution in [0.2, 0.25) is 0 Å². The third kappa shape index (κ3) is 2.75. The van der Waals surface area contributed by atoms with E-state index in [1.54, 1.807) is 12.1 Å². The highest BCUT2D eigenvalue weighted by molar-refractivity contribution is 5.63. The third-order valence-corrected chi connectivity index (χ3v) is 4.81. The Morgan fingerprint density at radius 3 is 2.48 bits per heavy atom. The van der Waals surface area contributed by atoms with Gasteiger partial charge in [-0.05, 0) is 44.6 Å². The fourth-order valence-electron chi connectivity index (χ4n) is 3.78. The molecule has 0 amide bonds. The number of nitro groups is 1. The molecule has 2 aliphatic rings. The molecule has 0 atom stereocenters. The fraction of sp³-hybridized carbons (Fsp3) is 0.625. The van der Waals surface area contributed by atoms with Gasteiger partial charge in [-0.15, -0.1) is 0 Å². The van der Waals surface area contributed by atoms with Gasteiger partial charge in [0.15, 0.2) is 0 Å². The quantitative estimate of drug-likeness (QED) is 0.619. The van der Waals surface area contributed by atoms with Gasteiger partial charge in [0, 0.05) is 19.2 Å². The van der Waals surface area contributed by atoms with E-state index in [4.69, 9.17) is 4.74 Å². The molecule has 1 spiro atoms. The van der Waals surface area contributed by atoms with Gasteiger partial charge in [0.25, 0.3) is 5.69 Å². The molecule has 21 heavy (non-hydrogen) atoms. The fourth-order valence-corrected chi connectivity index (χ4v) is 3.78. The Balaban J connectivity index is 1.74. The van der Waals surface area contributed by atoms with Gasteiger partial charge in [-0.2, -0.15) is 0 Å². The van der Waals surface area contributed by atoms with Crippen LogP contribution in [0.25, 0.3) is 0 Å². The minimum atomic E-state index is -0.290. The van der Waals surface area contributed by atoms with Crippen LogP contribution in [0.4, 0.5) is 11.4 Å². The van der Waals surface area contributed by atoms with Crippen molar-refractivity contribution in [2.24, 2.45) is 5.41 Å². The first-order valence-electron chi connectivity index (χ1n) is 7.53. The van der Waals surface area contributed by atoms with Crippen LogP contribution in [0.1, 0.15) is 33.1 Å². The van der Waals surface area contributed by atoms with E-state index in [9.17, 15) is 10.1 Å². The van der Waals surface area contributed by atoms with Gasteiger partial charge in [0.2, 0.25) is 0 Å². The summed E-state index contributed by atoms with van der Waals surface area (Å²) in [5.74, 6) is 0. The van der Waals surface area contributed by atoms with E-state index in [-0.39, 0.29) is 21.6 Å². The topological polar surface area (TPSA) is 55.6 Å². The number of ether oxygens (including phenoxy) is 1. The molecule has 0 unspecified atom stereocenters. The maximum absolute atomic E-state index is 11.2. The number of nitrogens with zero attached hydrogens (tertiary/aromatic N) is 2. The molecule has 114 valence electrons. The Labute approximate surface area is 125 Å². The second-order valence-corrected chi connectivity index (χ2v) is 6.96. The summed E-state index contributed by atoms with van der Waals surface area (Å²) in [5, 5.41) is 11.2. The molecule has 2 heterocycles. The van der Waals surface area contributed by atoms with Crippen LogP contribution in [0, 0.1) is 15.5 Å². The van der Waals surface area contributed by atoms with Crippen LogP contribution >= 0.6 is 0 Å². The smallest absolute Gasteiger partial charge is 0.292 e. The molecule has 5 nitrogen and oxygen atoms in total. The van der Waals surface area contributed by atoms with Gasteiger partial charge >= 0.3 is 0 Å². The summed E-state index contributed by atoms with van der Waals surface area (Å²) in [7, 11) is 0. The molecule has 5 heteroatoms. The molecule has 2 fully saturated rings.